The summed E-state index contributed by atoms with van der Waals surface area (Å²) in [7, 11) is 0. The van der Waals surface area contributed by atoms with Crippen LogP contribution in [0.4, 0.5) is 14.7 Å². The van der Waals surface area contributed by atoms with Crippen LogP contribution in [0.3, 0.4) is 0 Å². The van der Waals surface area contributed by atoms with E-state index < -0.39 is 13.0 Å². The minimum atomic E-state index is -2.49. The van der Waals surface area contributed by atoms with Crippen molar-refractivity contribution in [2.45, 2.75) is 64.5 Å². The number of hydrogen-bond donors (Lipinski definition) is 2. The van der Waals surface area contributed by atoms with Gasteiger partial charge < -0.3 is 19.8 Å². The van der Waals surface area contributed by atoms with Gasteiger partial charge in [0.2, 0.25) is 11.9 Å². The van der Waals surface area contributed by atoms with Gasteiger partial charge in [-0.2, -0.15) is 4.98 Å². The summed E-state index contributed by atoms with van der Waals surface area (Å²) in [4.78, 5) is 36.1. The first-order chi connectivity index (χ1) is 18.0. The van der Waals surface area contributed by atoms with E-state index in [-0.39, 0.29) is 12.0 Å². The molecule has 2 fully saturated rings. The lowest BCUT2D eigenvalue weighted by molar-refractivity contribution is -0.135. The zero-order chi connectivity index (χ0) is 25.5. The lowest BCUT2D eigenvalue weighted by Crippen LogP contribution is -2.37. The van der Waals surface area contributed by atoms with Gasteiger partial charge in [-0.3, -0.25) is 4.79 Å². The molecule has 0 radical (unpaired) electrons. The third-order valence-corrected chi connectivity index (χ3v) is 7.64. The molecule has 0 aromatic carbocycles. The molecule has 0 bridgehead atoms. The largest absolute Gasteiger partial charge is 0.351 e. The summed E-state index contributed by atoms with van der Waals surface area (Å²) in [5.74, 6) is 1.51. The Bertz CT molecular complexity index is 1430. The van der Waals surface area contributed by atoms with Gasteiger partial charge in [0, 0.05) is 48.4 Å². The fourth-order valence-corrected chi connectivity index (χ4v) is 5.67. The minimum absolute atomic E-state index is 0.135. The van der Waals surface area contributed by atoms with E-state index in [1.54, 1.807) is 19.2 Å². The molecular weight excluding hydrogens is 478 g/mol. The number of aryl methyl sites for hydroxylation is 1. The van der Waals surface area contributed by atoms with Gasteiger partial charge in [-0.1, -0.05) is 0 Å². The minimum Gasteiger partial charge on any atom is -0.351 e. The van der Waals surface area contributed by atoms with Gasteiger partial charge in [0.05, 0.1) is 12.2 Å². The van der Waals surface area contributed by atoms with Crippen LogP contribution in [0.15, 0.2) is 24.5 Å². The van der Waals surface area contributed by atoms with Crippen molar-refractivity contribution in [3.8, 4) is 11.3 Å². The monoisotopic (exact) mass is 508 g/mol. The lowest BCUT2D eigenvalue weighted by Gasteiger charge is -2.30. The fourth-order valence-electron chi connectivity index (χ4n) is 5.67. The molecule has 5 heterocycles. The number of halogens is 2. The molecular formula is C26H30F2N8O. The number of hydrogen-bond acceptors (Lipinski definition) is 6. The molecule has 0 spiro atoms. The van der Waals surface area contributed by atoms with Crippen molar-refractivity contribution in [1.82, 2.24) is 34.4 Å². The van der Waals surface area contributed by atoms with Crippen LogP contribution in [-0.4, -0.2) is 65.9 Å². The number of pyridine rings is 1. The molecule has 4 aromatic rings. The maximum atomic E-state index is 13.1. The van der Waals surface area contributed by atoms with E-state index in [2.05, 4.69) is 30.2 Å². The maximum Gasteiger partial charge on any atom is 0.256 e. The summed E-state index contributed by atoms with van der Waals surface area (Å²) in [6.07, 6.45) is 6.92. The fraction of sp³-hybridized carbons (Fsp3) is 0.500. The van der Waals surface area contributed by atoms with Crippen LogP contribution < -0.4 is 5.32 Å². The van der Waals surface area contributed by atoms with Gasteiger partial charge in [-0.25, -0.2) is 23.7 Å². The summed E-state index contributed by atoms with van der Waals surface area (Å²) in [6.45, 7) is 3.07. The average molecular weight is 509 g/mol. The Hall–Kier alpha value is -3.63. The number of imidazole rings is 1. The normalized spacial score (nSPS) is 20.4. The Morgan fingerprint density at radius 2 is 1.92 bits per heavy atom. The van der Waals surface area contributed by atoms with Crippen LogP contribution in [0.1, 0.15) is 44.3 Å². The maximum absolute atomic E-state index is 13.1. The van der Waals surface area contributed by atoms with E-state index in [4.69, 9.17) is 0 Å². The number of aromatic nitrogens is 6. The number of anilines is 1. The van der Waals surface area contributed by atoms with E-state index in [0.717, 1.165) is 62.6 Å². The van der Waals surface area contributed by atoms with Crippen LogP contribution in [0.2, 0.25) is 0 Å². The second-order valence-corrected chi connectivity index (χ2v) is 10.1. The highest BCUT2D eigenvalue weighted by molar-refractivity contribution is 5.93. The topological polar surface area (TPSA) is 105 Å². The molecule has 9 nitrogen and oxygen atoms in total. The number of carbonyl (C=O) groups is 1. The lowest BCUT2D eigenvalue weighted by atomic mass is 9.85. The van der Waals surface area contributed by atoms with Crippen LogP contribution in [0, 0.1) is 12.8 Å². The number of fused-ring (bicyclic) bond motifs is 2. The third-order valence-electron chi connectivity index (χ3n) is 7.64. The molecule has 37 heavy (non-hydrogen) atoms. The average Bonchev–Trinajstić information content (AvgIpc) is 3.63. The Kier molecular flexibility index (Phi) is 6.21. The molecule has 0 unspecified atom stereocenters. The zero-order valence-corrected chi connectivity index (χ0v) is 20.8. The number of amides is 1. The molecule has 1 aliphatic carbocycles. The predicted octanol–water partition coefficient (Wildman–Crippen LogP) is 4.54. The van der Waals surface area contributed by atoms with E-state index in [1.807, 2.05) is 17.2 Å². The quantitative estimate of drug-likeness (QED) is 0.396. The number of nitrogens with zero attached hydrogens (tertiary/aromatic N) is 6. The Balaban J connectivity index is 1.17. The Morgan fingerprint density at radius 3 is 2.68 bits per heavy atom. The first kappa shape index (κ1) is 23.7. The van der Waals surface area contributed by atoms with Crippen molar-refractivity contribution >= 4 is 34.1 Å². The van der Waals surface area contributed by atoms with Crippen molar-refractivity contribution in [3.63, 3.8) is 0 Å². The number of likely N-dealkylation sites (tertiary alicyclic amines) is 1. The molecule has 2 aliphatic rings. The number of carbonyl (C=O) groups excluding carboxylic acids is 1. The highest BCUT2D eigenvalue weighted by Crippen LogP contribution is 2.31. The third kappa shape index (κ3) is 4.62. The van der Waals surface area contributed by atoms with Gasteiger partial charge in [-0.05, 0) is 57.6 Å². The van der Waals surface area contributed by atoms with Crippen molar-refractivity contribution < 1.29 is 13.6 Å². The number of aromatic amines is 1. The van der Waals surface area contributed by atoms with Crippen LogP contribution in [-0.2, 0) is 11.3 Å². The van der Waals surface area contributed by atoms with Gasteiger partial charge in [0.15, 0.2) is 5.65 Å². The van der Waals surface area contributed by atoms with E-state index in [9.17, 15) is 13.6 Å². The number of H-pyrrole nitrogens is 1. The first-order valence-electron chi connectivity index (χ1n) is 13.0. The SMILES string of the molecule is Cc1nc2ccc(-c3c[nH]c4nc(N[C@H]5CC[C@@H](C(=O)N6CCCC6)CC5)ncc34)nc2n1CC(F)F. The van der Waals surface area contributed by atoms with E-state index >= 15 is 0 Å². The molecule has 1 saturated heterocycles. The van der Waals surface area contributed by atoms with Crippen molar-refractivity contribution in [2.75, 3.05) is 18.4 Å². The first-order valence-corrected chi connectivity index (χ1v) is 13.0. The zero-order valence-electron chi connectivity index (χ0n) is 20.8. The summed E-state index contributed by atoms with van der Waals surface area (Å²) in [5.41, 5.74) is 3.12. The standard InChI is InChI=1S/C26H30F2N8O/c1-15-31-21-9-8-20(33-24(21)36(15)14-22(27)28)18-12-29-23-19(18)13-30-26(34-23)32-17-6-4-16(5-7-17)25(37)35-10-2-3-11-35/h8-9,12-13,16-17,22H,2-7,10-11,14H2,1H3,(H2,29,30,32,34)/t16-,17+. The van der Waals surface area contributed by atoms with Gasteiger partial charge in [0.1, 0.15) is 17.0 Å². The smallest absolute Gasteiger partial charge is 0.256 e. The molecule has 1 saturated carbocycles. The van der Waals surface area contributed by atoms with Gasteiger partial charge in [0.25, 0.3) is 6.43 Å². The summed E-state index contributed by atoms with van der Waals surface area (Å²) in [6, 6.07) is 3.86. The second-order valence-electron chi connectivity index (χ2n) is 10.1. The predicted molar refractivity (Wildman–Crippen MR) is 136 cm³/mol. The summed E-state index contributed by atoms with van der Waals surface area (Å²) < 4.78 is 27.6. The van der Waals surface area contributed by atoms with Crippen LogP contribution in [0.5, 0.6) is 0 Å². The molecule has 1 aliphatic heterocycles. The van der Waals surface area contributed by atoms with Crippen molar-refractivity contribution in [3.05, 3.63) is 30.4 Å². The molecule has 4 aromatic heterocycles. The van der Waals surface area contributed by atoms with E-state index in [1.165, 1.54) is 4.57 Å². The van der Waals surface area contributed by atoms with Crippen LogP contribution >= 0.6 is 0 Å². The molecule has 194 valence electrons. The highest BCUT2D eigenvalue weighted by Gasteiger charge is 2.30. The number of rotatable bonds is 6. The molecule has 0 atom stereocenters. The molecule has 1 amide bonds. The van der Waals surface area contributed by atoms with Gasteiger partial charge in [-0.15, -0.1) is 0 Å². The second kappa shape index (κ2) is 9.68. The Labute approximate surface area is 212 Å². The van der Waals surface area contributed by atoms with Crippen LogP contribution in [0.25, 0.3) is 33.5 Å². The van der Waals surface area contributed by atoms with Crippen molar-refractivity contribution in [2.24, 2.45) is 5.92 Å². The number of nitrogens with one attached hydrogen (secondary N) is 2. The summed E-state index contributed by atoms with van der Waals surface area (Å²) in [5, 5.41) is 4.24. The summed E-state index contributed by atoms with van der Waals surface area (Å²) >= 11 is 0. The molecule has 11 heteroatoms. The van der Waals surface area contributed by atoms with E-state index in [0.29, 0.717) is 40.2 Å². The Morgan fingerprint density at radius 1 is 1.14 bits per heavy atom. The van der Waals surface area contributed by atoms with Gasteiger partial charge >= 0.3 is 0 Å². The highest BCUT2D eigenvalue weighted by atomic mass is 19.3. The molecule has 2 N–H and O–H groups in total. The number of alkyl halides is 2. The van der Waals surface area contributed by atoms with Crippen molar-refractivity contribution in [1.29, 1.82) is 0 Å². The molecule has 6 rings (SSSR count).